The number of methoxy groups -OCH3 is 1. The van der Waals surface area contributed by atoms with E-state index in [2.05, 4.69) is 68.7 Å². The molecular weight excluding hydrogens is 536 g/mol. The highest BCUT2D eigenvalue weighted by atomic mass is 16.7. The van der Waals surface area contributed by atoms with Crippen LogP contribution >= 0.6 is 0 Å². The number of aromatic nitrogens is 2. The molecule has 2 N–H and O–H groups in total. The van der Waals surface area contributed by atoms with E-state index in [-0.39, 0.29) is 24.6 Å². The van der Waals surface area contributed by atoms with Crippen LogP contribution in [-0.4, -0.2) is 67.1 Å². The van der Waals surface area contributed by atoms with Crippen molar-refractivity contribution in [3.63, 3.8) is 0 Å². The minimum Gasteiger partial charge on any atom is -0.504 e. The number of piperidine rings is 1. The lowest BCUT2D eigenvalue weighted by Crippen LogP contribution is -2.34. The van der Waals surface area contributed by atoms with E-state index >= 15 is 0 Å². The van der Waals surface area contributed by atoms with E-state index < -0.39 is 11.9 Å². The van der Waals surface area contributed by atoms with E-state index in [1.807, 2.05) is 0 Å². The Hall–Kier alpha value is -4.02. The highest BCUT2D eigenvalue weighted by molar-refractivity contribution is 5.96. The Morgan fingerprint density at radius 3 is 2.29 bits per heavy atom. The van der Waals surface area contributed by atoms with Crippen LogP contribution in [0.1, 0.15) is 58.5 Å². The number of esters is 1. The molecule has 1 fully saturated rings. The standard InChI is InChI=1S/C32H40N4O6/c1-4-42-29(37)19-33-32(39)30-31(38)22(2)34-28(35-30)18-25-13-15-36(16-14-25)27-11-9-24(10-12-27)17-23-5-7-26(8-6-23)20-41-21-40-3/h5-12,25,38H,4,13-21H2,1-3H3,(H,33,39). The molecule has 10 nitrogen and oxygen atoms in total. The summed E-state index contributed by atoms with van der Waals surface area (Å²) in [5, 5.41) is 12.8. The molecule has 0 saturated carbocycles. The van der Waals surface area contributed by atoms with Gasteiger partial charge < -0.3 is 29.5 Å². The summed E-state index contributed by atoms with van der Waals surface area (Å²) < 4.78 is 15.2. The van der Waals surface area contributed by atoms with Crippen molar-refractivity contribution in [1.29, 1.82) is 0 Å². The van der Waals surface area contributed by atoms with Crippen molar-refractivity contribution in [2.24, 2.45) is 5.92 Å². The molecular formula is C32H40N4O6. The fourth-order valence-corrected chi connectivity index (χ4v) is 5.03. The second-order valence-corrected chi connectivity index (χ2v) is 10.5. The van der Waals surface area contributed by atoms with E-state index in [1.54, 1.807) is 21.0 Å². The third-order valence-electron chi connectivity index (χ3n) is 7.31. The number of rotatable bonds is 13. The van der Waals surface area contributed by atoms with E-state index in [4.69, 9.17) is 14.2 Å². The predicted molar refractivity (Wildman–Crippen MR) is 158 cm³/mol. The van der Waals surface area contributed by atoms with Gasteiger partial charge in [-0.15, -0.1) is 0 Å². The second kappa shape index (κ2) is 15.3. The number of aryl methyl sites for hydroxylation is 1. The summed E-state index contributed by atoms with van der Waals surface area (Å²) in [5.41, 5.74) is 5.07. The van der Waals surface area contributed by atoms with Crippen molar-refractivity contribution < 1.29 is 28.9 Å². The first kappa shape index (κ1) is 30.9. The Bertz CT molecular complexity index is 1320. The number of hydrogen-bond donors (Lipinski definition) is 2. The molecule has 0 aliphatic carbocycles. The minimum absolute atomic E-state index is 0.119. The maximum atomic E-state index is 12.6. The Balaban J connectivity index is 1.27. The Kier molecular flexibility index (Phi) is 11.2. The van der Waals surface area contributed by atoms with Gasteiger partial charge in [0.1, 0.15) is 19.2 Å². The molecule has 2 heterocycles. The quantitative estimate of drug-likeness (QED) is 0.177. The number of carbonyl (C=O) groups is 2. The van der Waals surface area contributed by atoms with Crippen LogP contribution in [0.5, 0.6) is 5.75 Å². The van der Waals surface area contributed by atoms with Crippen molar-refractivity contribution in [3.8, 4) is 5.75 Å². The number of anilines is 1. The molecule has 3 aromatic rings. The number of hydrogen-bond acceptors (Lipinski definition) is 9. The van der Waals surface area contributed by atoms with Crippen molar-refractivity contribution in [2.75, 3.05) is 45.0 Å². The summed E-state index contributed by atoms with van der Waals surface area (Å²) in [6.07, 6.45) is 3.42. The number of nitrogens with one attached hydrogen (secondary N) is 1. The van der Waals surface area contributed by atoms with Crippen LogP contribution in [0.25, 0.3) is 0 Å². The van der Waals surface area contributed by atoms with Crippen LogP contribution in [0, 0.1) is 12.8 Å². The van der Waals surface area contributed by atoms with Gasteiger partial charge in [-0.05, 0) is 67.9 Å². The number of benzene rings is 2. The van der Waals surface area contributed by atoms with E-state index in [1.165, 1.54) is 16.8 Å². The molecule has 0 radical (unpaired) electrons. The summed E-state index contributed by atoms with van der Waals surface area (Å²) in [7, 11) is 1.62. The third kappa shape index (κ3) is 8.74. The molecule has 0 unspecified atom stereocenters. The molecule has 1 amide bonds. The first-order chi connectivity index (χ1) is 20.4. The second-order valence-electron chi connectivity index (χ2n) is 10.5. The SMILES string of the molecule is CCOC(=O)CNC(=O)c1nc(CC2CCN(c3ccc(Cc4ccc(COCOC)cc4)cc3)CC2)nc(C)c1O. The fraction of sp³-hybridized carbons (Fsp3) is 0.438. The van der Waals surface area contributed by atoms with Gasteiger partial charge in [0.2, 0.25) is 0 Å². The first-order valence-electron chi connectivity index (χ1n) is 14.3. The van der Waals surface area contributed by atoms with Crippen LogP contribution < -0.4 is 10.2 Å². The van der Waals surface area contributed by atoms with Gasteiger partial charge in [-0.3, -0.25) is 9.59 Å². The molecule has 224 valence electrons. The fourth-order valence-electron chi connectivity index (χ4n) is 5.03. The molecule has 2 aromatic carbocycles. The van der Waals surface area contributed by atoms with Gasteiger partial charge in [-0.1, -0.05) is 36.4 Å². The first-order valence-corrected chi connectivity index (χ1v) is 14.3. The van der Waals surface area contributed by atoms with Gasteiger partial charge in [-0.2, -0.15) is 0 Å². The lowest BCUT2D eigenvalue weighted by molar-refractivity contribution is -0.141. The summed E-state index contributed by atoms with van der Waals surface area (Å²) in [6, 6.07) is 17.2. The number of nitrogens with zero attached hydrogens (tertiary/aromatic N) is 3. The zero-order valence-electron chi connectivity index (χ0n) is 24.6. The van der Waals surface area contributed by atoms with Crippen molar-refractivity contribution in [2.45, 2.75) is 46.1 Å². The van der Waals surface area contributed by atoms with Crippen molar-refractivity contribution >= 4 is 17.6 Å². The molecule has 10 heteroatoms. The van der Waals surface area contributed by atoms with E-state index in [0.717, 1.165) is 37.9 Å². The van der Waals surface area contributed by atoms with Crippen LogP contribution in [0.15, 0.2) is 48.5 Å². The average Bonchev–Trinajstić information content (AvgIpc) is 3.00. The lowest BCUT2D eigenvalue weighted by Gasteiger charge is -2.33. The minimum atomic E-state index is -0.630. The van der Waals surface area contributed by atoms with Gasteiger partial charge in [0.25, 0.3) is 5.91 Å². The third-order valence-corrected chi connectivity index (χ3v) is 7.31. The molecule has 0 bridgehead atoms. The Morgan fingerprint density at radius 2 is 1.64 bits per heavy atom. The lowest BCUT2D eigenvalue weighted by atomic mass is 9.92. The molecule has 42 heavy (non-hydrogen) atoms. The maximum absolute atomic E-state index is 12.6. The maximum Gasteiger partial charge on any atom is 0.325 e. The predicted octanol–water partition coefficient (Wildman–Crippen LogP) is 3.95. The summed E-state index contributed by atoms with van der Waals surface area (Å²) in [6.45, 7) is 5.94. The summed E-state index contributed by atoms with van der Waals surface area (Å²) in [5.74, 6) is -0.571. The smallest absolute Gasteiger partial charge is 0.325 e. The highest BCUT2D eigenvalue weighted by Crippen LogP contribution is 2.27. The highest BCUT2D eigenvalue weighted by Gasteiger charge is 2.24. The zero-order valence-corrected chi connectivity index (χ0v) is 24.6. The molecule has 1 aliphatic heterocycles. The molecule has 0 spiro atoms. The molecule has 1 aliphatic rings. The molecule has 4 rings (SSSR count). The topological polar surface area (TPSA) is 123 Å². The monoisotopic (exact) mass is 576 g/mol. The molecule has 0 atom stereocenters. The van der Waals surface area contributed by atoms with Crippen LogP contribution in [0.4, 0.5) is 5.69 Å². The Morgan fingerprint density at radius 1 is 1.00 bits per heavy atom. The van der Waals surface area contributed by atoms with Crippen LogP contribution in [0.3, 0.4) is 0 Å². The van der Waals surface area contributed by atoms with Gasteiger partial charge in [0.15, 0.2) is 11.4 Å². The number of aromatic hydroxyl groups is 1. The van der Waals surface area contributed by atoms with Crippen LogP contribution in [-0.2, 0) is 38.5 Å². The van der Waals surface area contributed by atoms with Crippen LogP contribution in [0.2, 0.25) is 0 Å². The zero-order chi connectivity index (χ0) is 29.9. The van der Waals surface area contributed by atoms with Crippen molar-refractivity contribution in [1.82, 2.24) is 15.3 Å². The number of amides is 1. The molecule has 1 aromatic heterocycles. The molecule has 1 saturated heterocycles. The number of carbonyl (C=O) groups excluding carboxylic acids is 2. The largest absolute Gasteiger partial charge is 0.504 e. The Labute approximate surface area is 247 Å². The normalized spacial score (nSPS) is 13.6. The van der Waals surface area contributed by atoms with Crippen molar-refractivity contribution in [3.05, 3.63) is 82.4 Å². The van der Waals surface area contributed by atoms with Gasteiger partial charge in [0, 0.05) is 32.3 Å². The number of ether oxygens (including phenoxy) is 3. The van der Waals surface area contributed by atoms with Gasteiger partial charge in [0.05, 0.1) is 18.9 Å². The van der Waals surface area contributed by atoms with E-state index in [0.29, 0.717) is 37.3 Å². The van der Waals surface area contributed by atoms with Gasteiger partial charge >= 0.3 is 5.97 Å². The summed E-state index contributed by atoms with van der Waals surface area (Å²) in [4.78, 5) is 35.3. The average molecular weight is 577 g/mol. The van der Waals surface area contributed by atoms with Gasteiger partial charge in [-0.25, -0.2) is 9.97 Å². The summed E-state index contributed by atoms with van der Waals surface area (Å²) >= 11 is 0. The van der Waals surface area contributed by atoms with E-state index in [9.17, 15) is 14.7 Å².